The average Bonchev–Trinajstić information content (AvgIpc) is 2.78. The van der Waals surface area contributed by atoms with Crippen LogP contribution in [0.4, 0.5) is 22.0 Å². The van der Waals surface area contributed by atoms with Crippen LogP contribution in [-0.2, 0) is 6.42 Å². The van der Waals surface area contributed by atoms with Crippen LogP contribution in [0.15, 0.2) is 78.9 Å². The predicted molar refractivity (Wildman–Crippen MR) is 116 cm³/mol. The zero-order chi connectivity index (χ0) is 22.8. The van der Waals surface area contributed by atoms with E-state index in [0.717, 1.165) is 24.1 Å². The second kappa shape index (κ2) is 8.95. The quantitative estimate of drug-likeness (QED) is 0.218. The van der Waals surface area contributed by atoms with Crippen LogP contribution in [0.25, 0.3) is 22.3 Å². The van der Waals surface area contributed by atoms with Gasteiger partial charge in [0.15, 0.2) is 17.5 Å². The molecule has 0 nitrogen and oxygen atoms in total. The van der Waals surface area contributed by atoms with E-state index in [1.165, 1.54) is 5.56 Å². The fraction of sp³-hybridized carbons (Fsp3) is 0.111. The first kappa shape index (κ1) is 21.8. The third kappa shape index (κ3) is 4.42. The van der Waals surface area contributed by atoms with Crippen LogP contribution in [0.2, 0.25) is 0 Å². The van der Waals surface area contributed by atoms with E-state index in [2.05, 4.69) is 19.1 Å². The lowest BCUT2D eigenvalue weighted by Crippen LogP contribution is -1.98. The summed E-state index contributed by atoms with van der Waals surface area (Å²) in [5, 5.41) is 0. The SMILES string of the molecule is CC(Cc1ccc(-c2cc(F)c(-c3cc(F)c(F)c(F)c3)c(F)c2)cc1)c1ccccc1. The Bertz CT molecular complexity index is 1200. The standard InChI is InChI=1S/C27H19F5/c1-16(18-5-3-2-4-6-18)11-17-7-9-19(10-8-17)20-12-22(28)26(23(29)13-20)21-14-24(30)27(32)25(31)15-21/h2-10,12-16H,11H2,1H3. The molecule has 0 saturated carbocycles. The van der Waals surface area contributed by atoms with Gasteiger partial charge in [-0.15, -0.1) is 0 Å². The van der Waals surface area contributed by atoms with E-state index in [1.807, 2.05) is 30.3 Å². The molecule has 0 spiro atoms. The molecule has 4 aromatic carbocycles. The highest BCUT2D eigenvalue weighted by Crippen LogP contribution is 2.33. The van der Waals surface area contributed by atoms with Crippen molar-refractivity contribution in [3.63, 3.8) is 0 Å². The third-order valence-corrected chi connectivity index (χ3v) is 5.51. The van der Waals surface area contributed by atoms with Crippen LogP contribution in [0.5, 0.6) is 0 Å². The second-order valence-corrected chi connectivity index (χ2v) is 7.78. The molecular weight excluding hydrogens is 419 g/mol. The highest BCUT2D eigenvalue weighted by atomic mass is 19.2. The van der Waals surface area contributed by atoms with Crippen molar-refractivity contribution in [3.8, 4) is 22.3 Å². The molecule has 4 rings (SSSR count). The van der Waals surface area contributed by atoms with E-state index in [4.69, 9.17) is 0 Å². The Hall–Kier alpha value is -3.47. The minimum Gasteiger partial charge on any atom is -0.206 e. The Labute approximate surface area is 183 Å². The largest absolute Gasteiger partial charge is 0.206 e. The highest BCUT2D eigenvalue weighted by molar-refractivity contribution is 5.72. The van der Waals surface area contributed by atoms with Gasteiger partial charge in [0, 0.05) is 0 Å². The van der Waals surface area contributed by atoms with Gasteiger partial charge in [0.2, 0.25) is 0 Å². The molecule has 0 radical (unpaired) electrons. The number of hydrogen-bond acceptors (Lipinski definition) is 0. The summed E-state index contributed by atoms with van der Waals surface area (Å²) in [6.45, 7) is 2.13. The molecule has 0 N–H and O–H groups in total. The van der Waals surface area contributed by atoms with E-state index < -0.39 is 40.2 Å². The molecule has 0 aliphatic rings. The smallest absolute Gasteiger partial charge is 0.194 e. The summed E-state index contributed by atoms with van der Waals surface area (Å²) in [6, 6.07) is 20.8. The third-order valence-electron chi connectivity index (χ3n) is 5.51. The Balaban J connectivity index is 1.59. The van der Waals surface area contributed by atoms with Gasteiger partial charge < -0.3 is 0 Å². The first-order valence-corrected chi connectivity index (χ1v) is 10.1. The lowest BCUT2D eigenvalue weighted by molar-refractivity contribution is 0.447. The van der Waals surface area contributed by atoms with Crippen molar-refractivity contribution in [3.05, 3.63) is 119 Å². The molecule has 32 heavy (non-hydrogen) atoms. The van der Waals surface area contributed by atoms with Crippen LogP contribution in [0, 0.1) is 29.1 Å². The van der Waals surface area contributed by atoms with Crippen molar-refractivity contribution in [2.75, 3.05) is 0 Å². The molecule has 1 unspecified atom stereocenters. The van der Waals surface area contributed by atoms with Gasteiger partial charge in [0.25, 0.3) is 0 Å². The fourth-order valence-electron chi connectivity index (χ4n) is 3.80. The van der Waals surface area contributed by atoms with Gasteiger partial charge in [-0.2, -0.15) is 0 Å². The van der Waals surface area contributed by atoms with Crippen LogP contribution in [0.3, 0.4) is 0 Å². The molecule has 0 fully saturated rings. The minimum absolute atomic E-state index is 0.287. The maximum Gasteiger partial charge on any atom is 0.194 e. The second-order valence-electron chi connectivity index (χ2n) is 7.78. The van der Waals surface area contributed by atoms with Gasteiger partial charge >= 0.3 is 0 Å². The summed E-state index contributed by atoms with van der Waals surface area (Å²) in [4.78, 5) is 0. The Morgan fingerprint density at radius 3 is 1.69 bits per heavy atom. The van der Waals surface area contributed by atoms with Crippen LogP contribution >= 0.6 is 0 Å². The van der Waals surface area contributed by atoms with E-state index in [1.54, 1.807) is 12.1 Å². The molecule has 0 aliphatic heterocycles. The summed E-state index contributed by atoms with van der Waals surface area (Å²) in [6.07, 6.45) is 0.813. The Morgan fingerprint density at radius 2 is 1.12 bits per heavy atom. The molecule has 4 aromatic rings. The first-order chi connectivity index (χ1) is 15.3. The zero-order valence-corrected chi connectivity index (χ0v) is 17.2. The van der Waals surface area contributed by atoms with Crippen molar-refractivity contribution in [2.45, 2.75) is 19.3 Å². The van der Waals surface area contributed by atoms with Gasteiger partial charge in [-0.05, 0) is 64.4 Å². The molecule has 0 amide bonds. The summed E-state index contributed by atoms with van der Waals surface area (Å²) in [7, 11) is 0. The van der Waals surface area contributed by atoms with E-state index in [0.29, 0.717) is 23.6 Å². The maximum absolute atomic E-state index is 14.7. The molecule has 0 bridgehead atoms. The number of hydrogen-bond donors (Lipinski definition) is 0. The normalized spacial score (nSPS) is 12.1. The van der Waals surface area contributed by atoms with Gasteiger partial charge in [-0.3, -0.25) is 0 Å². The molecule has 162 valence electrons. The summed E-state index contributed by atoms with van der Waals surface area (Å²) < 4.78 is 69.6. The summed E-state index contributed by atoms with van der Waals surface area (Å²) in [5.74, 6) is -6.38. The lowest BCUT2D eigenvalue weighted by atomic mass is 9.92. The van der Waals surface area contributed by atoms with Gasteiger partial charge in [0.05, 0.1) is 5.56 Å². The topological polar surface area (TPSA) is 0 Å². The van der Waals surface area contributed by atoms with Crippen LogP contribution in [-0.4, -0.2) is 0 Å². The van der Waals surface area contributed by atoms with E-state index in [9.17, 15) is 22.0 Å². The summed E-state index contributed by atoms with van der Waals surface area (Å²) >= 11 is 0. The Morgan fingerprint density at radius 1 is 0.594 bits per heavy atom. The molecule has 0 saturated heterocycles. The minimum atomic E-state index is -1.69. The number of halogens is 5. The van der Waals surface area contributed by atoms with Crippen molar-refractivity contribution in [2.24, 2.45) is 0 Å². The monoisotopic (exact) mass is 438 g/mol. The molecular formula is C27H19F5. The summed E-state index contributed by atoms with van der Waals surface area (Å²) in [5.41, 5.74) is 2.18. The molecule has 5 heteroatoms. The van der Waals surface area contributed by atoms with Crippen molar-refractivity contribution in [1.29, 1.82) is 0 Å². The molecule has 0 heterocycles. The van der Waals surface area contributed by atoms with E-state index >= 15 is 0 Å². The number of rotatable bonds is 5. The van der Waals surface area contributed by atoms with Gasteiger partial charge in [-0.25, -0.2) is 22.0 Å². The molecule has 1 atom stereocenters. The maximum atomic E-state index is 14.7. The average molecular weight is 438 g/mol. The van der Waals surface area contributed by atoms with Crippen molar-refractivity contribution >= 4 is 0 Å². The predicted octanol–water partition coefficient (Wildman–Crippen LogP) is 8.06. The van der Waals surface area contributed by atoms with Crippen molar-refractivity contribution in [1.82, 2.24) is 0 Å². The first-order valence-electron chi connectivity index (χ1n) is 10.1. The van der Waals surface area contributed by atoms with Crippen LogP contribution in [0.1, 0.15) is 24.0 Å². The highest BCUT2D eigenvalue weighted by Gasteiger charge is 2.19. The number of benzene rings is 4. The Kier molecular flexibility index (Phi) is 6.08. The van der Waals surface area contributed by atoms with Crippen LogP contribution < -0.4 is 0 Å². The molecule has 0 aliphatic carbocycles. The van der Waals surface area contributed by atoms with Crippen molar-refractivity contribution < 1.29 is 22.0 Å². The molecule has 0 aromatic heterocycles. The van der Waals surface area contributed by atoms with Gasteiger partial charge in [-0.1, -0.05) is 61.5 Å². The fourth-order valence-corrected chi connectivity index (χ4v) is 3.80. The lowest BCUT2D eigenvalue weighted by Gasteiger charge is -2.13. The van der Waals surface area contributed by atoms with E-state index in [-0.39, 0.29) is 5.56 Å². The van der Waals surface area contributed by atoms with Gasteiger partial charge in [0.1, 0.15) is 11.6 Å². The zero-order valence-electron chi connectivity index (χ0n) is 17.2.